The standard InChI is InChI=1S/C36H47N7O8S/c1-35(2,3)51-34(48)39-28-10-8-6-4-5-7-9-24-20-36(24,33(47)41-52(49,50)27-15-16-27)40-31(45)29-19-25(21-43(29)32(28)46)38-30(44)23-11-13-26(14-12-23)42-18-17-37-22-42/h7,9,11-14,17-18,22,24-25,27-29H,4-6,8,10,15-16,19-21H2,1-3H3,(H,38,44)(H,39,48)(H,40,45)(H,41,47)/t24-,25-,28+,29+,36-/m1/s1. The molecule has 1 saturated heterocycles. The number of alkyl carbamates (subject to hydrolysis) is 1. The summed E-state index contributed by atoms with van der Waals surface area (Å²) in [5.74, 6) is -2.84. The van der Waals surface area contributed by atoms with E-state index in [-0.39, 0.29) is 19.4 Å². The van der Waals surface area contributed by atoms with Gasteiger partial charge in [-0.2, -0.15) is 0 Å². The highest BCUT2D eigenvalue weighted by Crippen LogP contribution is 2.46. The molecule has 4 N–H and O–H groups in total. The van der Waals surface area contributed by atoms with Crippen LogP contribution in [0.3, 0.4) is 0 Å². The number of aromatic nitrogens is 2. The summed E-state index contributed by atoms with van der Waals surface area (Å²) in [5, 5.41) is 7.85. The second-order valence-corrected chi connectivity index (χ2v) is 17.1. The van der Waals surface area contributed by atoms with Gasteiger partial charge in [0.15, 0.2) is 0 Å². The summed E-state index contributed by atoms with van der Waals surface area (Å²) in [4.78, 5) is 73.9. The molecule has 2 aliphatic carbocycles. The zero-order valence-corrected chi connectivity index (χ0v) is 30.5. The number of nitrogens with zero attached hydrogens (tertiary/aromatic N) is 3. The molecule has 1 aromatic carbocycles. The molecule has 5 atom stereocenters. The highest BCUT2D eigenvalue weighted by molar-refractivity contribution is 7.91. The highest BCUT2D eigenvalue weighted by atomic mass is 32.2. The van der Waals surface area contributed by atoms with Gasteiger partial charge in [-0.25, -0.2) is 18.2 Å². The number of sulfonamides is 1. The Morgan fingerprint density at radius 1 is 1.02 bits per heavy atom. The maximum Gasteiger partial charge on any atom is 0.408 e. The molecule has 16 heteroatoms. The van der Waals surface area contributed by atoms with Crippen molar-refractivity contribution in [1.29, 1.82) is 0 Å². The Balaban J connectivity index is 1.25. The first-order valence-electron chi connectivity index (χ1n) is 17.9. The number of nitrogens with one attached hydrogen (secondary N) is 4. The van der Waals surface area contributed by atoms with Crippen LogP contribution < -0.4 is 20.7 Å². The third-order valence-electron chi connectivity index (χ3n) is 9.84. The van der Waals surface area contributed by atoms with E-state index >= 15 is 0 Å². The molecule has 1 aromatic heterocycles. The maximum atomic E-state index is 14.3. The second kappa shape index (κ2) is 14.7. The van der Waals surface area contributed by atoms with Gasteiger partial charge < -0.3 is 30.2 Å². The molecule has 2 saturated carbocycles. The normalized spacial score (nSPS) is 26.9. The summed E-state index contributed by atoms with van der Waals surface area (Å²) in [6.07, 6.45) is 12.3. The van der Waals surface area contributed by atoms with Gasteiger partial charge in [-0.1, -0.05) is 25.0 Å². The zero-order valence-electron chi connectivity index (χ0n) is 29.7. The molecule has 5 amide bonds. The van der Waals surface area contributed by atoms with E-state index in [4.69, 9.17) is 4.74 Å². The lowest BCUT2D eigenvalue weighted by Gasteiger charge is -2.30. The first-order valence-corrected chi connectivity index (χ1v) is 19.4. The van der Waals surface area contributed by atoms with Gasteiger partial charge >= 0.3 is 6.09 Å². The van der Waals surface area contributed by atoms with Crippen molar-refractivity contribution in [2.75, 3.05) is 6.54 Å². The van der Waals surface area contributed by atoms with Crippen molar-refractivity contribution < 1.29 is 37.1 Å². The molecule has 3 fully saturated rings. The minimum Gasteiger partial charge on any atom is -0.444 e. The van der Waals surface area contributed by atoms with Crippen molar-refractivity contribution in [1.82, 2.24) is 35.1 Å². The number of ether oxygens (including phenoxy) is 1. The van der Waals surface area contributed by atoms with E-state index in [0.717, 1.165) is 18.5 Å². The van der Waals surface area contributed by atoms with E-state index < -0.39 is 80.2 Å². The number of carbonyl (C=O) groups is 5. The Morgan fingerprint density at radius 2 is 1.77 bits per heavy atom. The molecule has 3 heterocycles. The number of carbonyl (C=O) groups excluding carboxylic acids is 5. The van der Waals surface area contributed by atoms with Crippen LogP contribution >= 0.6 is 0 Å². The van der Waals surface area contributed by atoms with Crippen LogP contribution in [0.15, 0.2) is 55.1 Å². The van der Waals surface area contributed by atoms with Gasteiger partial charge in [0.1, 0.15) is 23.2 Å². The molecule has 2 aromatic rings. The molecule has 6 rings (SSSR count). The van der Waals surface area contributed by atoms with Gasteiger partial charge in [0, 0.05) is 42.1 Å². The number of hydrogen-bond acceptors (Lipinski definition) is 9. The Bertz CT molecular complexity index is 1820. The Morgan fingerprint density at radius 3 is 2.44 bits per heavy atom. The first kappa shape index (κ1) is 37.0. The quantitative estimate of drug-likeness (QED) is 0.309. The molecule has 0 radical (unpaired) electrons. The SMILES string of the molecule is CC(C)(C)OC(=O)N[C@H]1CCCCCC=C[C@@H]2C[C@@]2(C(=O)NS(=O)(=O)C2CC2)NC(=O)[C@@H]2C[C@@H](NC(=O)c3ccc(-n4ccnc4)cc3)CN2C1=O. The van der Waals surface area contributed by atoms with Crippen LogP contribution in [0, 0.1) is 5.92 Å². The fraction of sp³-hybridized carbons (Fsp3) is 0.556. The molecule has 0 unspecified atom stereocenters. The van der Waals surface area contributed by atoms with E-state index in [1.54, 1.807) is 68.3 Å². The van der Waals surface area contributed by atoms with E-state index in [9.17, 15) is 32.4 Å². The average molecular weight is 738 g/mol. The van der Waals surface area contributed by atoms with Crippen molar-refractivity contribution in [2.45, 2.75) is 113 Å². The summed E-state index contributed by atoms with van der Waals surface area (Å²) in [7, 11) is -3.90. The number of benzene rings is 1. The van der Waals surface area contributed by atoms with E-state index in [2.05, 4.69) is 25.7 Å². The number of hydrogen-bond donors (Lipinski definition) is 4. The Hall–Kier alpha value is -4.73. The number of allylic oxidation sites excluding steroid dienone is 1. The lowest BCUT2D eigenvalue weighted by atomic mass is 10.0. The van der Waals surface area contributed by atoms with Gasteiger partial charge in [-0.15, -0.1) is 0 Å². The lowest BCUT2D eigenvalue weighted by molar-refractivity contribution is -0.141. The lowest BCUT2D eigenvalue weighted by Crippen LogP contribution is -2.58. The van der Waals surface area contributed by atoms with Crippen molar-refractivity contribution in [3.8, 4) is 5.69 Å². The fourth-order valence-electron chi connectivity index (χ4n) is 6.82. The van der Waals surface area contributed by atoms with Gasteiger partial charge in [0.25, 0.3) is 11.8 Å². The Kier molecular flexibility index (Phi) is 10.5. The molecule has 15 nitrogen and oxygen atoms in total. The minimum atomic E-state index is -3.90. The van der Waals surface area contributed by atoms with Crippen molar-refractivity contribution in [3.63, 3.8) is 0 Å². The molecular formula is C36H47N7O8S. The second-order valence-electron chi connectivity index (χ2n) is 15.1. The van der Waals surface area contributed by atoms with Gasteiger partial charge in [0.05, 0.1) is 11.6 Å². The van der Waals surface area contributed by atoms with E-state index in [1.165, 1.54) is 4.90 Å². The van der Waals surface area contributed by atoms with Crippen LogP contribution in [-0.4, -0.2) is 93.7 Å². The van der Waals surface area contributed by atoms with Crippen LogP contribution in [0.1, 0.15) is 88.9 Å². The van der Waals surface area contributed by atoms with Crippen LogP contribution in [0.2, 0.25) is 0 Å². The number of imidazole rings is 1. The molecule has 280 valence electrons. The number of rotatable bonds is 7. The molecule has 4 aliphatic rings. The van der Waals surface area contributed by atoms with Gasteiger partial charge in [0.2, 0.25) is 21.8 Å². The zero-order chi connectivity index (χ0) is 37.3. The van der Waals surface area contributed by atoms with Crippen molar-refractivity contribution >= 4 is 39.7 Å². The fourth-order valence-corrected chi connectivity index (χ4v) is 8.18. The van der Waals surface area contributed by atoms with E-state index in [1.807, 2.05) is 12.2 Å². The summed E-state index contributed by atoms with van der Waals surface area (Å²) < 4.78 is 35.0. The smallest absolute Gasteiger partial charge is 0.408 e. The largest absolute Gasteiger partial charge is 0.444 e. The Labute approximate surface area is 303 Å². The molecule has 0 spiro atoms. The first-order chi connectivity index (χ1) is 24.6. The predicted octanol–water partition coefficient (Wildman–Crippen LogP) is 2.47. The highest BCUT2D eigenvalue weighted by Gasteiger charge is 2.62. The summed E-state index contributed by atoms with van der Waals surface area (Å²) in [5.41, 5.74) is -1.15. The summed E-state index contributed by atoms with van der Waals surface area (Å²) >= 11 is 0. The van der Waals surface area contributed by atoms with Crippen molar-refractivity contribution in [2.24, 2.45) is 5.92 Å². The molecule has 0 bridgehead atoms. The third kappa shape index (κ3) is 8.65. The third-order valence-corrected chi connectivity index (χ3v) is 11.7. The monoisotopic (exact) mass is 737 g/mol. The summed E-state index contributed by atoms with van der Waals surface area (Å²) in [6, 6.07) is 4.06. The van der Waals surface area contributed by atoms with Gasteiger partial charge in [-0.05, 0) is 90.0 Å². The average Bonchev–Trinajstić information content (AvgIpc) is 3.94. The summed E-state index contributed by atoms with van der Waals surface area (Å²) in [6.45, 7) is 5.10. The maximum absolute atomic E-state index is 14.3. The number of fused-ring (bicyclic) bond motifs is 2. The van der Waals surface area contributed by atoms with E-state index in [0.29, 0.717) is 37.7 Å². The van der Waals surface area contributed by atoms with Crippen LogP contribution in [0.5, 0.6) is 0 Å². The van der Waals surface area contributed by atoms with Crippen LogP contribution in [-0.2, 0) is 29.1 Å². The van der Waals surface area contributed by atoms with Gasteiger partial charge in [-0.3, -0.25) is 23.9 Å². The minimum absolute atomic E-state index is 0.0220. The molecule has 52 heavy (non-hydrogen) atoms. The molecule has 2 aliphatic heterocycles. The molecular weight excluding hydrogens is 691 g/mol. The predicted molar refractivity (Wildman–Crippen MR) is 189 cm³/mol. The van der Waals surface area contributed by atoms with Crippen LogP contribution in [0.4, 0.5) is 4.79 Å². The number of amides is 5. The van der Waals surface area contributed by atoms with Crippen LogP contribution in [0.25, 0.3) is 5.69 Å². The topological polar surface area (TPSA) is 198 Å². The van der Waals surface area contributed by atoms with Crippen molar-refractivity contribution in [3.05, 3.63) is 60.7 Å².